The normalized spacial score (nSPS) is 14.3. The van der Waals surface area contributed by atoms with Gasteiger partial charge in [0.1, 0.15) is 18.0 Å². The van der Waals surface area contributed by atoms with Crippen molar-refractivity contribution in [3.8, 4) is 0 Å². The number of hydrogen-bond donors (Lipinski definition) is 0. The van der Waals surface area contributed by atoms with Gasteiger partial charge in [0.05, 0.1) is 0 Å². The molecule has 1 aliphatic rings. The Morgan fingerprint density at radius 3 is 2.92 bits per heavy atom. The fourth-order valence-corrected chi connectivity index (χ4v) is 1.34. The van der Waals surface area contributed by atoms with Crippen molar-refractivity contribution >= 4 is 5.97 Å². The molecule has 0 saturated carbocycles. The molecule has 0 radical (unpaired) electrons. The smallest absolute Gasteiger partial charge is 0.341 e. The zero-order valence-electron chi connectivity index (χ0n) is 6.56. The summed E-state index contributed by atoms with van der Waals surface area (Å²) in [5, 5.41) is 0. The predicted molar refractivity (Wildman–Crippen MR) is 40.3 cm³/mol. The fraction of sp³-hybridized carbons (Fsp3) is 0.222. The Hall–Kier alpha value is -1.38. The Bertz CT molecular complexity index is 358. The van der Waals surface area contributed by atoms with E-state index in [4.69, 9.17) is 4.74 Å². The number of rotatable bonds is 0. The molecule has 2 rings (SSSR count). The molecule has 62 valence electrons. The summed E-state index contributed by atoms with van der Waals surface area (Å²) in [6, 6.07) is 2.94. The lowest BCUT2D eigenvalue weighted by atomic mass is 10.0. The lowest BCUT2D eigenvalue weighted by molar-refractivity contribution is 0.0531. The number of halogens is 1. The molecule has 1 heterocycles. The highest BCUT2D eigenvalue weighted by Crippen LogP contribution is 2.25. The van der Waals surface area contributed by atoms with E-state index >= 15 is 0 Å². The van der Waals surface area contributed by atoms with Crippen molar-refractivity contribution in [1.82, 2.24) is 0 Å². The summed E-state index contributed by atoms with van der Waals surface area (Å²) >= 11 is 0. The van der Waals surface area contributed by atoms with Crippen molar-refractivity contribution in [3.63, 3.8) is 0 Å². The summed E-state index contributed by atoms with van der Waals surface area (Å²) < 4.78 is 17.7. The van der Waals surface area contributed by atoms with Crippen molar-refractivity contribution in [2.45, 2.75) is 13.5 Å². The molecule has 0 fully saturated rings. The molecule has 2 nitrogen and oxygen atoms in total. The summed E-state index contributed by atoms with van der Waals surface area (Å²) in [6.45, 7) is 2.04. The van der Waals surface area contributed by atoms with E-state index in [9.17, 15) is 9.18 Å². The second kappa shape index (κ2) is 2.30. The third kappa shape index (κ3) is 0.826. The Labute approximate surface area is 69.0 Å². The highest BCUT2D eigenvalue weighted by Gasteiger charge is 2.26. The zero-order chi connectivity index (χ0) is 8.72. The van der Waals surface area contributed by atoms with Crippen LogP contribution in [-0.2, 0) is 11.3 Å². The van der Waals surface area contributed by atoms with Crippen LogP contribution >= 0.6 is 0 Å². The molecule has 1 aliphatic heterocycles. The molecule has 0 aromatic heterocycles. The largest absolute Gasteiger partial charge is 0.457 e. The molecule has 1 aromatic carbocycles. The van der Waals surface area contributed by atoms with Crippen LogP contribution in [0.5, 0.6) is 0 Å². The lowest BCUT2D eigenvalue weighted by Crippen LogP contribution is -1.98. The van der Waals surface area contributed by atoms with E-state index in [1.165, 1.54) is 6.07 Å². The van der Waals surface area contributed by atoms with Crippen LogP contribution in [0.25, 0.3) is 0 Å². The summed E-state index contributed by atoms with van der Waals surface area (Å²) in [5.41, 5.74) is 1.69. The van der Waals surface area contributed by atoms with E-state index < -0.39 is 11.8 Å². The number of esters is 1. The van der Waals surface area contributed by atoms with Gasteiger partial charge in [-0.15, -0.1) is 0 Å². The number of carbonyl (C=O) groups excluding carboxylic acids is 1. The number of hydrogen-bond acceptors (Lipinski definition) is 2. The highest BCUT2D eigenvalue weighted by atomic mass is 19.1. The molecule has 0 aliphatic carbocycles. The van der Waals surface area contributed by atoms with Gasteiger partial charge < -0.3 is 4.74 Å². The number of benzene rings is 1. The molecule has 0 atom stereocenters. The molecule has 0 bridgehead atoms. The number of fused-ring (bicyclic) bond motifs is 1. The van der Waals surface area contributed by atoms with Crippen molar-refractivity contribution in [1.29, 1.82) is 0 Å². The SMILES string of the molecule is Cc1ccc(F)c2c1COC2=O. The quantitative estimate of drug-likeness (QED) is 0.549. The minimum absolute atomic E-state index is 0.106. The van der Waals surface area contributed by atoms with Gasteiger partial charge >= 0.3 is 5.97 Å². The topological polar surface area (TPSA) is 26.3 Å². The van der Waals surface area contributed by atoms with Crippen molar-refractivity contribution in [3.05, 3.63) is 34.6 Å². The van der Waals surface area contributed by atoms with Crippen molar-refractivity contribution in [2.75, 3.05) is 0 Å². The van der Waals surface area contributed by atoms with Crippen LogP contribution in [0.15, 0.2) is 12.1 Å². The molecule has 0 saturated heterocycles. The molecule has 0 spiro atoms. The fourth-order valence-electron chi connectivity index (χ4n) is 1.34. The first-order valence-corrected chi connectivity index (χ1v) is 3.65. The number of cyclic esters (lactones) is 1. The van der Waals surface area contributed by atoms with Crippen LogP contribution in [0.1, 0.15) is 21.5 Å². The van der Waals surface area contributed by atoms with E-state index in [1.54, 1.807) is 6.07 Å². The number of aryl methyl sites for hydroxylation is 1. The molecule has 12 heavy (non-hydrogen) atoms. The standard InChI is InChI=1S/C9H7FO2/c1-5-2-3-7(10)8-6(5)4-12-9(8)11/h2-3H,4H2,1H3. The van der Waals surface area contributed by atoms with Gasteiger partial charge in [-0.1, -0.05) is 6.07 Å². The van der Waals surface area contributed by atoms with Gasteiger partial charge in [0.15, 0.2) is 0 Å². The second-order valence-electron chi connectivity index (χ2n) is 2.79. The Morgan fingerprint density at radius 1 is 1.50 bits per heavy atom. The maximum atomic E-state index is 13.0. The van der Waals surface area contributed by atoms with Gasteiger partial charge in [0.2, 0.25) is 0 Å². The van der Waals surface area contributed by atoms with Crippen molar-refractivity contribution in [2.24, 2.45) is 0 Å². The molecular weight excluding hydrogens is 159 g/mol. The lowest BCUT2D eigenvalue weighted by Gasteiger charge is -1.99. The Balaban J connectivity index is 2.72. The summed E-state index contributed by atoms with van der Waals surface area (Å²) in [6.07, 6.45) is 0. The van der Waals surface area contributed by atoms with Gasteiger partial charge in [-0.3, -0.25) is 0 Å². The maximum Gasteiger partial charge on any atom is 0.341 e. The first-order valence-electron chi connectivity index (χ1n) is 3.65. The highest BCUT2D eigenvalue weighted by molar-refractivity contribution is 5.94. The first-order chi connectivity index (χ1) is 5.70. The average Bonchev–Trinajstić information content (AvgIpc) is 2.42. The number of carbonyl (C=O) groups is 1. The molecular formula is C9H7FO2. The van der Waals surface area contributed by atoms with Gasteiger partial charge in [-0.25, -0.2) is 9.18 Å². The van der Waals surface area contributed by atoms with E-state index in [0.717, 1.165) is 5.56 Å². The van der Waals surface area contributed by atoms with E-state index in [2.05, 4.69) is 0 Å². The van der Waals surface area contributed by atoms with Crippen LogP contribution in [0, 0.1) is 12.7 Å². The van der Waals surface area contributed by atoms with E-state index in [1.807, 2.05) is 6.92 Å². The zero-order valence-corrected chi connectivity index (χ0v) is 6.56. The van der Waals surface area contributed by atoms with Crippen molar-refractivity contribution < 1.29 is 13.9 Å². The monoisotopic (exact) mass is 166 g/mol. The predicted octanol–water partition coefficient (Wildman–Crippen LogP) is 1.80. The van der Waals surface area contributed by atoms with Crippen LogP contribution in [0.4, 0.5) is 4.39 Å². The maximum absolute atomic E-state index is 13.0. The van der Waals surface area contributed by atoms with Crippen LogP contribution in [-0.4, -0.2) is 5.97 Å². The third-order valence-corrected chi connectivity index (χ3v) is 2.05. The van der Waals surface area contributed by atoms with Gasteiger partial charge in [0.25, 0.3) is 0 Å². The molecule has 0 N–H and O–H groups in total. The molecule has 0 amide bonds. The van der Waals surface area contributed by atoms with E-state index in [0.29, 0.717) is 5.56 Å². The Kier molecular flexibility index (Phi) is 1.40. The average molecular weight is 166 g/mol. The van der Waals surface area contributed by atoms with Gasteiger partial charge in [-0.05, 0) is 18.6 Å². The summed E-state index contributed by atoms with van der Waals surface area (Å²) in [5.74, 6) is -1.04. The third-order valence-electron chi connectivity index (χ3n) is 2.05. The van der Waals surface area contributed by atoms with Crippen LogP contribution < -0.4 is 0 Å². The molecule has 3 heteroatoms. The Morgan fingerprint density at radius 2 is 2.25 bits per heavy atom. The molecule has 0 unspecified atom stereocenters. The van der Waals surface area contributed by atoms with Crippen LogP contribution in [0.3, 0.4) is 0 Å². The van der Waals surface area contributed by atoms with Crippen LogP contribution in [0.2, 0.25) is 0 Å². The summed E-state index contributed by atoms with van der Waals surface area (Å²) in [4.78, 5) is 11.0. The minimum atomic E-state index is -0.550. The van der Waals surface area contributed by atoms with E-state index in [-0.39, 0.29) is 12.2 Å². The summed E-state index contributed by atoms with van der Waals surface area (Å²) in [7, 11) is 0. The van der Waals surface area contributed by atoms with Gasteiger partial charge in [0, 0.05) is 5.56 Å². The first kappa shape index (κ1) is 7.28. The number of ether oxygens (including phenoxy) is 1. The van der Waals surface area contributed by atoms with Gasteiger partial charge in [-0.2, -0.15) is 0 Å². The second-order valence-corrected chi connectivity index (χ2v) is 2.79. The minimum Gasteiger partial charge on any atom is -0.457 e. The molecule has 1 aromatic rings.